The van der Waals surface area contributed by atoms with E-state index in [0.29, 0.717) is 22.5 Å². The van der Waals surface area contributed by atoms with Crippen molar-refractivity contribution in [3.05, 3.63) is 40.8 Å². The third-order valence-electron chi connectivity index (χ3n) is 6.13. The average Bonchev–Trinajstić information content (AvgIpc) is 3.22. The highest BCUT2D eigenvalue weighted by molar-refractivity contribution is 7.89. The minimum absolute atomic E-state index is 0.109. The molecule has 2 aromatic heterocycles. The number of likely N-dealkylation sites (tertiary alicyclic amines) is 1. The Hall–Kier alpha value is -2.16. The number of aromatic amines is 2. The molecular weight excluding hydrogens is 376 g/mol. The van der Waals surface area contributed by atoms with E-state index in [1.807, 2.05) is 6.07 Å². The maximum Gasteiger partial charge on any atom is 0.272 e. The largest absolute Gasteiger partial charge is 0.357 e. The first-order valence-corrected chi connectivity index (χ1v) is 11.2. The maximum atomic E-state index is 13.5. The number of rotatable bonds is 5. The minimum Gasteiger partial charge on any atom is -0.357 e. The van der Waals surface area contributed by atoms with Crippen LogP contribution in [0, 0.1) is 0 Å². The summed E-state index contributed by atoms with van der Waals surface area (Å²) in [6, 6.07) is 7.21. The molecule has 2 aliphatic rings. The molecule has 1 atom stereocenters. The van der Waals surface area contributed by atoms with E-state index in [1.165, 1.54) is 0 Å². The van der Waals surface area contributed by atoms with Gasteiger partial charge in [-0.2, -0.15) is 4.31 Å². The molecule has 1 saturated heterocycles. The summed E-state index contributed by atoms with van der Waals surface area (Å²) in [6.07, 6.45) is 5.72. The molecule has 0 spiro atoms. The van der Waals surface area contributed by atoms with Gasteiger partial charge in [0, 0.05) is 41.1 Å². The first kappa shape index (κ1) is 17.9. The van der Waals surface area contributed by atoms with Crippen LogP contribution in [0.1, 0.15) is 25.7 Å². The second-order valence-electron chi connectivity index (χ2n) is 8.01. The van der Waals surface area contributed by atoms with Crippen molar-refractivity contribution in [2.45, 2.75) is 42.7 Å². The first-order valence-electron chi connectivity index (χ1n) is 9.80. The van der Waals surface area contributed by atoms with E-state index in [1.54, 1.807) is 28.7 Å². The summed E-state index contributed by atoms with van der Waals surface area (Å²) < 4.78 is 28.8. The van der Waals surface area contributed by atoms with E-state index >= 15 is 0 Å². The molecule has 1 aliphatic heterocycles. The highest BCUT2D eigenvalue weighted by Gasteiger charge is 2.40. The Morgan fingerprint density at radius 3 is 2.71 bits per heavy atom. The number of fused-ring (bicyclic) bond motifs is 3. The molecule has 28 heavy (non-hydrogen) atoms. The van der Waals surface area contributed by atoms with Crippen LogP contribution in [0.3, 0.4) is 0 Å². The Morgan fingerprint density at radius 1 is 1.18 bits per heavy atom. The molecular formula is C20H24N4O3S. The molecule has 1 aromatic carbocycles. The maximum absolute atomic E-state index is 13.5. The van der Waals surface area contributed by atoms with E-state index < -0.39 is 10.0 Å². The molecule has 1 saturated carbocycles. The SMILES string of the molecule is CN1CCC[C@H]1CN(C1CC1)S(=O)(=O)c1ccc2[nH]c(=O)c3[nH]ccc3c2c1. The smallest absolute Gasteiger partial charge is 0.272 e. The van der Waals surface area contributed by atoms with E-state index in [-0.39, 0.29) is 17.6 Å². The Kier molecular flexibility index (Phi) is 4.12. The van der Waals surface area contributed by atoms with Crippen molar-refractivity contribution < 1.29 is 8.42 Å². The van der Waals surface area contributed by atoms with Gasteiger partial charge >= 0.3 is 0 Å². The van der Waals surface area contributed by atoms with E-state index in [4.69, 9.17) is 0 Å². The molecule has 3 aromatic rings. The quantitative estimate of drug-likeness (QED) is 0.687. The van der Waals surface area contributed by atoms with Gasteiger partial charge < -0.3 is 14.9 Å². The summed E-state index contributed by atoms with van der Waals surface area (Å²) in [5.74, 6) is 0. The van der Waals surface area contributed by atoms with Gasteiger partial charge in [0.1, 0.15) is 5.52 Å². The average molecular weight is 401 g/mol. The molecule has 2 fully saturated rings. The Bertz CT molecular complexity index is 1210. The van der Waals surface area contributed by atoms with Crippen LogP contribution in [0.5, 0.6) is 0 Å². The third kappa shape index (κ3) is 2.87. The number of hydrogen-bond acceptors (Lipinski definition) is 4. The second kappa shape index (κ2) is 6.43. The number of nitrogens with zero attached hydrogens (tertiary/aromatic N) is 2. The van der Waals surface area contributed by atoms with Gasteiger partial charge in [0.25, 0.3) is 5.56 Å². The number of likely N-dealkylation sites (N-methyl/N-ethyl adjacent to an activating group) is 1. The molecule has 2 N–H and O–H groups in total. The lowest BCUT2D eigenvalue weighted by atomic mass is 10.1. The number of benzene rings is 1. The summed E-state index contributed by atoms with van der Waals surface area (Å²) in [5, 5.41) is 1.48. The Morgan fingerprint density at radius 2 is 2.00 bits per heavy atom. The van der Waals surface area contributed by atoms with Crippen LogP contribution in [0.25, 0.3) is 21.8 Å². The number of nitrogens with one attached hydrogen (secondary N) is 2. The molecule has 3 heterocycles. The molecule has 0 bridgehead atoms. The number of H-pyrrole nitrogens is 2. The van der Waals surface area contributed by atoms with Crippen molar-refractivity contribution in [2.24, 2.45) is 0 Å². The predicted molar refractivity (Wildman–Crippen MR) is 109 cm³/mol. The summed E-state index contributed by atoms with van der Waals surface area (Å²) >= 11 is 0. The van der Waals surface area contributed by atoms with Crippen LogP contribution in [-0.4, -0.2) is 59.8 Å². The van der Waals surface area contributed by atoms with Crippen molar-refractivity contribution in [1.29, 1.82) is 0 Å². The highest BCUT2D eigenvalue weighted by atomic mass is 32.2. The second-order valence-corrected chi connectivity index (χ2v) is 9.90. The third-order valence-corrected chi connectivity index (χ3v) is 8.04. The summed E-state index contributed by atoms with van der Waals surface area (Å²) in [7, 11) is -1.52. The van der Waals surface area contributed by atoms with Crippen LogP contribution >= 0.6 is 0 Å². The zero-order valence-corrected chi connectivity index (χ0v) is 16.6. The first-order chi connectivity index (χ1) is 13.4. The van der Waals surface area contributed by atoms with E-state index in [9.17, 15) is 13.2 Å². The van der Waals surface area contributed by atoms with Gasteiger partial charge in [0.15, 0.2) is 0 Å². The molecule has 7 nitrogen and oxygen atoms in total. The molecule has 8 heteroatoms. The predicted octanol–water partition coefficient (Wildman–Crippen LogP) is 2.26. The zero-order valence-electron chi connectivity index (χ0n) is 15.8. The number of aromatic nitrogens is 2. The van der Waals surface area contributed by atoms with Crippen LogP contribution in [-0.2, 0) is 10.0 Å². The van der Waals surface area contributed by atoms with Crippen LogP contribution in [0.15, 0.2) is 40.2 Å². The molecule has 0 radical (unpaired) electrons. The fourth-order valence-electron chi connectivity index (χ4n) is 4.34. The van der Waals surface area contributed by atoms with Gasteiger partial charge in [-0.3, -0.25) is 4.79 Å². The fraction of sp³-hybridized carbons (Fsp3) is 0.450. The molecule has 0 unspecified atom stereocenters. The highest BCUT2D eigenvalue weighted by Crippen LogP contribution is 2.34. The number of pyridine rings is 1. The van der Waals surface area contributed by atoms with Gasteiger partial charge in [-0.05, 0) is 63.5 Å². The van der Waals surface area contributed by atoms with Gasteiger partial charge in [-0.1, -0.05) is 0 Å². The van der Waals surface area contributed by atoms with Crippen LogP contribution in [0.4, 0.5) is 0 Å². The minimum atomic E-state index is -3.60. The number of sulfonamides is 1. The molecule has 0 amide bonds. The lowest BCUT2D eigenvalue weighted by molar-refractivity contribution is 0.252. The van der Waals surface area contributed by atoms with Gasteiger partial charge in [0.2, 0.25) is 10.0 Å². The molecule has 148 valence electrons. The lowest BCUT2D eigenvalue weighted by Crippen LogP contribution is -2.42. The topological polar surface area (TPSA) is 89.3 Å². The van der Waals surface area contributed by atoms with Crippen LogP contribution < -0.4 is 5.56 Å². The Balaban J connectivity index is 1.58. The summed E-state index contributed by atoms with van der Waals surface area (Å²) in [5.41, 5.74) is 0.908. The summed E-state index contributed by atoms with van der Waals surface area (Å²) in [6.45, 7) is 1.57. The summed E-state index contributed by atoms with van der Waals surface area (Å²) in [4.78, 5) is 20.5. The lowest BCUT2D eigenvalue weighted by Gasteiger charge is -2.28. The Labute approximate surface area is 163 Å². The van der Waals surface area contributed by atoms with Gasteiger partial charge in [0.05, 0.1) is 4.90 Å². The zero-order chi connectivity index (χ0) is 19.5. The van der Waals surface area contributed by atoms with Crippen molar-refractivity contribution >= 4 is 31.8 Å². The fourth-order valence-corrected chi connectivity index (χ4v) is 6.09. The van der Waals surface area contributed by atoms with Gasteiger partial charge in [-0.25, -0.2) is 8.42 Å². The van der Waals surface area contributed by atoms with Crippen molar-refractivity contribution in [1.82, 2.24) is 19.2 Å². The van der Waals surface area contributed by atoms with E-state index in [2.05, 4.69) is 21.9 Å². The van der Waals surface area contributed by atoms with E-state index in [0.717, 1.165) is 43.0 Å². The number of hydrogen-bond donors (Lipinski definition) is 2. The monoisotopic (exact) mass is 400 g/mol. The molecule has 1 aliphatic carbocycles. The molecule has 5 rings (SSSR count). The van der Waals surface area contributed by atoms with Crippen LogP contribution in [0.2, 0.25) is 0 Å². The van der Waals surface area contributed by atoms with Gasteiger partial charge in [-0.15, -0.1) is 0 Å². The van der Waals surface area contributed by atoms with Crippen molar-refractivity contribution in [2.75, 3.05) is 20.1 Å². The standard InChI is InChI=1S/C20H24N4O3S/c1-23-10-2-3-14(23)12-24(13-4-5-13)28(26,27)15-6-7-18-17(11-15)16-8-9-21-19(16)20(25)22-18/h6-9,11,13-14,21H,2-5,10,12H2,1H3,(H,22,25)/t14-/m0/s1. The normalized spacial score (nSPS) is 21.3. The van der Waals surface area contributed by atoms with Crippen molar-refractivity contribution in [3.8, 4) is 0 Å². The van der Waals surface area contributed by atoms with Crippen molar-refractivity contribution in [3.63, 3.8) is 0 Å².